The second kappa shape index (κ2) is 7.29. The summed E-state index contributed by atoms with van der Waals surface area (Å²) in [4.78, 5) is 11.6. The lowest BCUT2D eigenvalue weighted by atomic mass is 10.2. The van der Waals surface area contributed by atoms with E-state index >= 15 is 0 Å². The van der Waals surface area contributed by atoms with Crippen LogP contribution in [0.1, 0.15) is 19.3 Å². The molecular formula is C11H19ClN4O. The summed E-state index contributed by atoms with van der Waals surface area (Å²) in [7, 11) is 0. The number of hydrogen-bond donors (Lipinski definition) is 2. The second-order valence-corrected chi connectivity index (χ2v) is 4.06. The first-order valence-electron chi connectivity index (χ1n) is 5.85. The normalized spacial score (nSPS) is 18.7. The predicted molar refractivity (Wildman–Crippen MR) is 68.1 cm³/mol. The van der Waals surface area contributed by atoms with E-state index in [2.05, 4.69) is 15.7 Å². The van der Waals surface area contributed by atoms with Crippen LogP contribution in [0.5, 0.6) is 0 Å². The highest BCUT2D eigenvalue weighted by Gasteiger charge is 2.20. The van der Waals surface area contributed by atoms with E-state index in [0.717, 1.165) is 38.9 Å². The molecule has 1 aliphatic rings. The van der Waals surface area contributed by atoms with Crippen molar-refractivity contribution in [2.45, 2.75) is 31.8 Å². The molecule has 0 aromatic carbocycles. The zero-order chi connectivity index (χ0) is 11.2. The van der Waals surface area contributed by atoms with Crippen molar-refractivity contribution in [3.05, 3.63) is 18.5 Å². The van der Waals surface area contributed by atoms with E-state index in [9.17, 15) is 4.79 Å². The van der Waals surface area contributed by atoms with E-state index in [1.165, 1.54) is 0 Å². The molecule has 1 aromatic rings. The maximum Gasteiger partial charge on any atom is 0.237 e. The lowest BCUT2D eigenvalue weighted by molar-refractivity contribution is -0.122. The fraction of sp³-hybridized carbons (Fsp3) is 0.636. The Balaban J connectivity index is 0.00000144. The van der Waals surface area contributed by atoms with Gasteiger partial charge in [0.25, 0.3) is 0 Å². The number of carbonyl (C=O) groups is 1. The van der Waals surface area contributed by atoms with Crippen LogP contribution >= 0.6 is 12.4 Å². The zero-order valence-corrected chi connectivity index (χ0v) is 10.6. The minimum atomic E-state index is 0. The van der Waals surface area contributed by atoms with Crippen LogP contribution in [-0.2, 0) is 11.3 Å². The van der Waals surface area contributed by atoms with Crippen LogP contribution in [0.4, 0.5) is 0 Å². The molecule has 1 aromatic heterocycles. The van der Waals surface area contributed by atoms with Crippen LogP contribution in [0.15, 0.2) is 18.5 Å². The molecule has 0 radical (unpaired) electrons. The Kier molecular flexibility index (Phi) is 6.00. The number of aromatic nitrogens is 2. The summed E-state index contributed by atoms with van der Waals surface area (Å²) >= 11 is 0. The monoisotopic (exact) mass is 258 g/mol. The molecule has 1 fully saturated rings. The van der Waals surface area contributed by atoms with Gasteiger partial charge < -0.3 is 10.6 Å². The molecule has 2 rings (SSSR count). The third-order valence-electron chi connectivity index (χ3n) is 2.80. The molecule has 2 N–H and O–H groups in total. The van der Waals surface area contributed by atoms with Gasteiger partial charge in [-0.15, -0.1) is 12.4 Å². The van der Waals surface area contributed by atoms with E-state index in [-0.39, 0.29) is 24.4 Å². The summed E-state index contributed by atoms with van der Waals surface area (Å²) in [6.07, 6.45) is 6.68. The molecule has 6 heteroatoms. The van der Waals surface area contributed by atoms with Crippen molar-refractivity contribution in [3.8, 4) is 0 Å². The van der Waals surface area contributed by atoms with Gasteiger partial charge >= 0.3 is 0 Å². The van der Waals surface area contributed by atoms with Crippen molar-refractivity contribution < 1.29 is 4.79 Å². The highest BCUT2D eigenvalue weighted by molar-refractivity contribution is 5.85. The first-order valence-corrected chi connectivity index (χ1v) is 5.85. The fourth-order valence-electron chi connectivity index (χ4n) is 1.92. The lowest BCUT2D eigenvalue weighted by Crippen LogP contribution is -2.40. The molecule has 0 bridgehead atoms. The van der Waals surface area contributed by atoms with E-state index in [4.69, 9.17) is 0 Å². The van der Waals surface area contributed by atoms with Gasteiger partial charge in [-0.1, -0.05) is 0 Å². The third-order valence-corrected chi connectivity index (χ3v) is 2.80. The van der Waals surface area contributed by atoms with Crippen molar-refractivity contribution in [2.24, 2.45) is 0 Å². The second-order valence-electron chi connectivity index (χ2n) is 4.06. The quantitative estimate of drug-likeness (QED) is 0.759. The molecule has 1 unspecified atom stereocenters. The minimum Gasteiger partial charge on any atom is -0.355 e. The molecule has 1 atom stereocenters. The summed E-state index contributed by atoms with van der Waals surface area (Å²) in [5, 5.41) is 10.2. The van der Waals surface area contributed by atoms with E-state index in [1.54, 1.807) is 6.20 Å². The summed E-state index contributed by atoms with van der Waals surface area (Å²) in [5.74, 6) is 0.137. The van der Waals surface area contributed by atoms with Crippen molar-refractivity contribution in [2.75, 3.05) is 13.1 Å². The molecule has 1 amide bonds. The number of nitrogens with zero attached hydrogens (tertiary/aromatic N) is 2. The van der Waals surface area contributed by atoms with Crippen LogP contribution < -0.4 is 10.6 Å². The largest absolute Gasteiger partial charge is 0.355 e. The molecule has 0 aliphatic carbocycles. The van der Waals surface area contributed by atoms with Gasteiger partial charge in [-0.05, 0) is 31.9 Å². The summed E-state index contributed by atoms with van der Waals surface area (Å²) < 4.78 is 1.87. The molecule has 17 heavy (non-hydrogen) atoms. The maximum absolute atomic E-state index is 11.6. The fourth-order valence-corrected chi connectivity index (χ4v) is 1.92. The van der Waals surface area contributed by atoms with Crippen molar-refractivity contribution >= 4 is 18.3 Å². The third kappa shape index (κ3) is 4.36. The Bertz CT molecular complexity index is 322. The standard InChI is InChI=1S/C11H18N4O.ClH/c16-11(10-4-1-5-12-10)13-6-2-8-15-9-3-7-14-15;/h3,7,9-10,12H,1-2,4-6,8H2,(H,13,16);1H. The van der Waals surface area contributed by atoms with Crippen LogP contribution in [0.2, 0.25) is 0 Å². The maximum atomic E-state index is 11.6. The molecule has 1 aliphatic heterocycles. The Hall–Kier alpha value is -1.07. The predicted octanol–water partition coefficient (Wildman–Crippen LogP) is 0.563. The van der Waals surface area contributed by atoms with Gasteiger partial charge in [0.2, 0.25) is 5.91 Å². The van der Waals surface area contributed by atoms with Crippen LogP contribution in [0.3, 0.4) is 0 Å². The molecule has 2 heterocycles. The van der Waals surface area contributed by atoms with Gasteiger partial charge in [0.15, 0.2) is 0 Å². The minimum absolute atomic E-state index is 0. The summed E-state index contributed by atoms with van der Waals surface area (Å²) in [6.45, 7) is 2.54. The van der Waals surface area contributed by atoms with Gasteiger partial charge in [-0.2, -0.15) is 5.10 Å². The SMILES string of the molecule is Cl.O=C(NCCCn1cccn1)C1CCCN1. The number of halogens is 1. The first kappa shape index (κ1) is 14.0. The van der Waals surface area contributed by atoms with Crippen LogP contribution in [0.25, 0.3) is 0 Å². The van der Waals surface area contributed by atoms with Gasteiger partial charge in [0, 0.05) is 25.5 Å². The molecular weight excluding hydrogens is 240 g/mol. The average Bonchev–Trinajstić information content (AvgIpc) is 2.96. The number of rotatable bonds is 5. The Morgan fingerprint density at radius 2 is 2.47 bits per heavy atom. The number of nitrogens with one attached hydrogen (secondary N) is 2. The van der Waals surface area contributed by atoms with Crippen LogP contribution in [0, 0.1) is 0 Å². The average molecular weight is 259 g/mol. The van der Waals surface area contributed by atoms with Gasteiger partial charge in [-0.3, -0.25) is 9.48 Å². The van der Waals surface area contributed by atoms with E-state index in [1.807, 2.05) is 16.9 Å². The highest BCUT2D eigenvalue weighted by Crippen LogP contribution is 2.04. The molecule has 0 saturated carbocycles. The summed E-state index contributed by atoms with van der Waals surface area (Å²) in [5.41, 5.74) is 0. The zero-order valence-electron chi connectivity index (χ0n) is 9.76. The Morgan fingerprint density at radius 3 is 3.12 bits per heavy atom. The molecule has 5 nitrogen and oxygen atoms in total. The highest BCUT2D eigenvalue weighted by atomic mass is 35.5. The Morgan fingerprint density at radius 1 is 1.59 bits per heavy atom. The van der Waals surface area contributed by atoms with Crippen molar-refractivity contribution in [1.82, 2.24) is 20.4 Å². The number of amides is 1. The van der Waals surface area contributed by atoms with E-state index < -0.39 is 0 Å². The number of carbonyl (C=O) groups excluding carboxylic acids is 1. The molecule has 1 saturated heterocycles. The topological polar surface area (TPSA) is 59.0 Å². The van der Waals surface area contributed by atoms with Gasteiger partial charge in [-0.25, -0.2) is 0 Å². The number of aryl methyl sites for hydroxylation is 1. The Labute approximate surface area is 107 Å². The van der Waals surface area contributed by atoms with Crippen molar-refractivity contribution in [3.63, 3.8) is 0 Å². The van der Waals surface area contributed by atoms with E-state index in [0.29, 0.717) is 0 Å². The van der Waals surface area contributed by atoms with Crippen LogP contribution in [-0.4, -0.2) is 34.8 Å². The number of hydrogen-bond acceptors (Lipinski definition) is 3. The molecule has 0 spiro atoms. The lowest BCUT2D eigenvalue weighted by Gasteiger charge is -2.10. The van der Waals surface area contributed by atoms with Crippen molar-refractivity contribution in [1.29, 1.82) is 0 Å². The molecule has 96 valence electrons. The first-order chi connectivity index (χ1) is 7.86. The van der Waals surface area contributed by atoms with Gasteiger partial charge in [0.05, 0.1) is 6.04 Å². The van der Waals surface area contributed by atoms with Gasteiger partial charge in [0.1, 0.15) is 0 Å². The smallest absolute Gasteiger partial charge is 0.237 e. The summed E-state index contributed by atoms with van der Waals surface area (Å²) in [6, 6.07) is 1.94.